The zero-order valence-corrected chi connectivity index (χ0v) is 19.1. The highest BCUT2D eigenvalue weighted by Crippen LogP contribution is 2.34. The summed E-state index contributed by atoms with van der Waals surface area (Å²) in [4.78, 5) is 0. The molecule has 36 heavy (non-hydrogen) atoms. The lowest BCUT2D eigenvalue weighted by molar-refractivity contribution is -0.375. The fourth-order valence-corrected chi connectivity index (χ4v) is 4.31. The van der Waals surface area contributed by atoms with Crippen LogP contribution in [0.15, 0.2) is 0 Å². The fraction of sp³-hybridized carbons (Fsp3) is 1.00. The Morgan fingerprint density at radius 3 is 1.75 bits per heavy atom. The Hall–Kier alpha value is -0.720. The van der Waals surface area contributed by atoms with Crippen LogP contribution in [0.3, 0.4) is 0 Å². The molecule has 212 valence electrons. The van der Waals surface area contributed by atoms with Gasteiger partial charge in [-0.15, -0.1) is 0 Å². The largest absolute Gasteiger partial charge is 0.394 e. The molecule has 0 amide bonds. The minimum atomic E-state index is -2.67. The first-order chi connectivity index (χ1) is 16.7. The van der Waals surface area contributed by atoms with Crippen molar-refractivity contribution in [3.8, 4) is 0 Å². The van der Waals surface area contributed by atoms with E-state index in [9.17, 15) is 40.9 Å². The van der Waals surface area contributed by atoms with Gasteiger partial charge in [-0.05, 0) is 0 Å². The van der Waals surface area contributed by atoms with Gasteiger partial charge in [0.25, 0.3) is 0 Å². The molecule has 3 aliphatic heterocycles. The molecule has 2 unspecified atom stereocenters. The van der Waals surface area contributed by atoms with Crippen LogP contribution < -0.4 is 28.7 Å². The maximum Gasteiger partial charge on any atom is 0.188 e. The van der Waals surface area contributed by atoms with Gasteiger partial charge in [-0.3, -0.25) is 11.5 Å². The molecule has 0 saturated carbocycles. The van der Waals surface area contributed by atoms with Crippen LogP contribution in [0.2, 0.25) is 0 Å². The van der Waals surface area contributed by atoms with Crippen molar-refractivity contribution < 1.29 is 64.5 Å². The van der Waals surface area contributed by atoms with Crippen molar-refractivity contribution in [3.05, 3.63) is 0 Å². The maximum atomic E-state index is 10.9. The summed E-state index contributed by atoms with van der Waals surface area (Å²) < 4.78 is 27.3. The van der Waals surface area contributed by atoms with Gasteiger partial charge in [0, 0.05) is 0 Å². The Labute approximate surface area is 205 Å². The van der Waals surface area contributed by atoms with Gasteiger partial charge < -0.3 is 81.7 Å². The molecule has 0 bridgehead atoms. The van der Waals surface area contributed by atoms with Gasteiger partial charge in [0.05, 0.1) is 37.9 Å². The first kappa shape index (κ1) is 29.8. The number of aliphatic hydroxyl groups is 8. The summed E-state index contributed by atoms with van der Waals surface area (Å²) in [7, 11) is 0. The molecule has 3 fully saturated rings. The smallest absolute Gasteiger partial charge is 0.188 e. The minimum absolute atomic E-state index is 0.677. The van der Waals surface area contributed by atoms with Gasteiger partial charge in [0.15, 0.2) is 30.3 Å². The van der Waals surface area contributed by atoms with Crippen LogP contribution in [0, 0.1) is 0 Å². The predicted molar refractivity (Wildman–Crippen MR) is 113 cm³/mol. The molecule has 3 rings (SSSR count). The average molecular weight is 532 g/mol. The van der Waals surface area contributed by atoms with Crippen LogP contribution in [0.25, 0.3) is 0 Å². The first-order valence-electron chi connectivity index (χ1n) is 11.1. The molecule has 0 aromatic carbocycles. The Balaban J connectivity index is 1.76. The Morgan fingerprint density at radius 1 is 0.722 bits per heavy atom. The van der Waals surface area contributed by atoms with E-state index in [4.69, 9.17) is 52.4 Å². The van der Waals surface area contributed by atoms with E-state index in [0.717, 1.165) is 0 Å². The molecule has 18 N–H and O–H groups in total. The quantitative estimate of drug-likeness (QED) is 0.135. The second-order valence-corrected chi connectivity index (χ2v) is 9.19. The lowest BCUT2D eigenvalue weighted by Gasteiger charge is -2.53. The molecule has 15 atom stereocenters. The van der Waals surface area contributed by atoms with Crippen LogP contribution in [-0.2, 0) is 23.7 Å². The second kappa shape index (κ2) is 11.2. The van der Waals surface area contributed by atoms with E-state index in [1.54, 1.807) is 0 Å². The van der Waals surface area contributed by atoms with Crippen LogP contribution in [0.5, 0.6) is 0 Å². The van der Waals surface area contributed by atoms with Crippen LogP contribution in [0.4, 0.5) is 0 Å². The van der Waals surface area contributed by atoms with Crippen molar-refractivity contribution in [1.29, 1.82) is 0 Å². The predicted octanol–water partition coefficient (Wildman–Crippen LogP) is -9.10. The topological polar surface area (TPSA) is 338 Å². The molecule has 0 aliphatic carbocycles. The van der Waals surface area contributed by atoms with Crippen molar-refractivity contribution in [2.75, 3.05) is 19.8 Å². The third-order valence-electron chi connectivity index (χ3n) is 6.77. The van der Waals surface area contributed by atoms with E-state index in [1.165, 1.54) is 0 Å². The summed E-state index contributed by atoms with van der Waals surface area (Å²) in [6.07, 6.45) is -15.3. The molecule has 3 saturated heterocycles. The summed E-state index contributed by atoms with van der Waals surface area (Å²) in [6, 6.07) is -4.23. The number of aliphatic hydroxyl groups excluding tert-OH is 7. The lowest BCUT2D eigenvalue weighted by atomic mass is 9.87. The van der Waals surface area contributed by atoms with Crippen molar-refractivity contribution in [3.63, 3.8) is 0 Å². The van der Waals surface area contributed by atoms with Crippen LogP contribution in [0.1, 0.15) is 0 Å². The maximum absolute atomic E-state index is 10.9. The standard InChI is InChI=1S/C18H37N5O13/c19-6-9(27)11(4(1-24)32-14(6)30)34-15-7(20)10(28)12(5(2-25)33-15)35-16-8(21)13(29)18(23,31)17(22,3-26)36-16/h4-16,24-31H,1-3,19-23H2/t4-,5-,6-,7-,8-,9-,10-,11?,12?,13-,14-,15+,16+,17-,18+/m1/s1. The van der Waals surface area contributed by atoms with E-state index in [1.807, 2.05) is 0 Å². The Bertz CT molecular complexity index is 737. The molecule has 0 spiro atoms. The molecule has 18 heteroatoms. The normalized spacial score (nSPS) is 54.4. The summed E-state index contributed by atoms with van der Waals surface area (Å²) in [6.45, 7) is -2.50. The Kier molecular flexibility index (Phi) is 9.26. The molecule has 18 nitrogen and oxygen atoms in total. The average Bonchev–Trinajstić information content (AvgIpc) is 2.85. The number of hydrogen-bond acceptors (Lipinski definition) is 18. The molecule has 0 aromatic rings. The zero-order chi connectivity index (χ0) is 27.2. The first-order valence-corrected chi connectivity index (χ1v) is 11.1. The van der Waals surface area contributed by atoms with Gasteiger partial charge in [-0.25, -0.2) is 0 Å². The number of rotatable bonds is 7. The van der Waals surface area contributed by atoms with Gasteiger partial charge in [-0.1, -0.05) is 0 Å². The Morgan fingerprint density at radius 2 is 1.22 bits per heavy atom. The van der Waals surface area contributed by atoms with E-state index in [-0.39, 0.29) is 0 Å². The lowest BCUT2D eigenvalue weighted by Crippen LogP contribution is -2.83. The van der Waals surface area contributed by atoms with Gasteiger partial charge in [0.1, 0.15) is 42.7 Å². The third kappa shape index (κ3) is 5.12. The monoisotopic (exact) mass is 531 g/mol. The van der Waals surface area contributed by atoms with Crippen molar-refractivity contribution in [2.24, 2.45) is 28.7 Å². The van der Waals surface area contributed by atoms with Crippen molar-refractivity contribution >= 4 is 0 Å². The summed E-state index contributed by atoms with van der Waals surface area (Å²) >= 11 is 0. The van der Waals surface area contributed by atoms with Crippen molar-refractivity contribution in [2.45, 2.75) is 91.2 Å². The molecule has 3 heterocycles. The highest BCUT2D eigenvalue weighted by Gasteiger charge is 2.61. The second-order valence-electron chi connectivity index (χ2n) is 9.19. The molecular weight excluding hydrogens is 494 g/mol. The van der Waals surface area contributed by atoms with Crippen molar-refractivity contribution in [1.82, 2.24) is 0 Å². The molecular formula is C18H37N5O13. The summed E-state index contributed by atoms with van der Waals surface area (Å²) in [5.41, 5.74) is 23.9. The van der Waals surface area contributed by atoms with E-state index >= 15 is 0 Å². The summed E-state index contributed by atoms with van der Waals surface area (Å²) in [5.74, 6) is 0. The highest BCUT2D eigenvalue weighted by molar-refractivity contribution is 5.07. The van der Waals surface area contributed by atoms with E-state index in [0.29, 0.717) is 0 Å². The van der Waals surface area contributed by atoms with E-state index < -0.39 is 111 Å². The van der Waals surface area contributed by atoms with Gasteiger partial charge >= 0.3 is 0 Å². The molecule has 0 radical (unpaired) electrons. The zero-order valence-electron chi connectivity index (χ0n) is 19.1. The molecule has 3 aliphatic rings. The number of hydrogen-bond donors (Lipinski definition) is 13. The number of nitrogens with two attached hydrogens (primary N) is 5. The number of ether oxygens (including phenoxy) is 5. The summed E-state index contributed by atoms with van der Waals surface area (Å²) in [5, 5.41) is 80.6. The molecule has 0 aromatic heterocycles. The van der Waals surface area contributed by atoms with Gasteiger partial charge in [-0.2, -0.15) is 0 Å². The van der Waals surface area contributed by atoms with Gasteiger partial charge in [0.2, 0.25) is 0 Å². The van der Waals surface area contributed by atoms with E-state index in [2.05, 4.69) is 0 Å². The third-order valence-corrected chi connectivity index (χ3v) is 6.77. The fourth-order valence-electron chi connectivity index (χ4n) is 4.31. The highest BCUT2D eigenvalue weighted by atomic mass is 16.7. The van der Waals surface area contributed by atoms with Crippen LogP contribution in [-0.4, -0.2) is 152 Å². The SMILES string of the molecule is N[C@H]1[C@@H](OC2[C@@H](CO)O[C@@H](OC3[C@@H](CO)O[C@@H](O)[C@H](N)[C@H]3O)[C@H](N)[C@H]2O)O[C@](N)(CO)[C@@](N)(O)[C@@H]1O. The minimum Gasteiger partial charge on any atom is -0.394 e. The van der Waals surface area contributed by atoms with Crippen LogP contribution >= 0.6 is 0 Å².